The maximum Gasteiger partial charge on any atom is 0.275 e. The lowest BCUT2D eigenvalue weighted by Crippen LogP contribution is -2.29. The average Bonchev–Trinajstić information content (AvgIpc) is 3.41. The average molecular weight is 430 g/mol. The zero-order valence-corrected chi connectivity index (χ0v) is 16.9. The van der Waals surface area contributed by atoms with Crippen LogP contribution in [0.1, 0.15) is 33.7 Å². The normalized spacial score (nSPS) is 13.5. The Bertz CT molecular complexity index is 1060. The number of hydrogen-bond donors (Lipinski definition) is 1. The Labute approximate surface area is 176 Å². The first-order valence-electron chi connectivity index (χ1n) is 9.13. The van der Waals surface area contributed by atoms with Crippen LogP contribution in [0.15, 0.2) is 47.8 Å². The van der Waals surface area contributed by atoms with Gasteiger partial charge in [-0.05, 0) is 55.3 Å². The van der Waals surface area contributed by atoms with E-state index in [4.69, 9.17) is 11.6 Å². The number of carbonyl (C=O) groups excluding carboxylic acids is 2. The number of nitrogens with one attached hydrogen (secondary N) is 1. The molecule has 4 rings (SSSR count). The molecule has 0 atom stereocenters. The Kier molecular flexibility index (Phi) is 5.60. The second kappa shape index (κ2) is 8.31. The number of aromatic nitrogens is 1. The monoisotopic (exact) mass is 429 g/mol. The van der Waals surface area contributed by atoms with Gasteiger partial charge in [-0.25, -0.2) is 9.37 Å². The third-order valence-electron chi connectivity index (χ3n) is 4.68. The predicted octanol–water partition coefficient (Wildman–Crippen LogP) is 5.09. The third kappa shape index (κ3) is 4.31. The Morgan fingerprint density at radius 3 is 2.55 bits per heavy atom. The van der Waals surface area contributed by atoms with Crippen LogP contribution in [-0.4, -0.2) is 34.8 Å². The van der Waals surface area contributed by atoms with Gasteiger partial charge in [0.25, 0.3) is 11.8 Å². The Morgan fingerprint density at radius 2 is 1.83 bits per heavy atom. The maximum absolute atomic E-state index is 13.1. The molecule has 1 aliphatic heterocycles. The first-order chi connectivity index (χ1) is 14.0. The number of halogens is 2. The molecule has 2 amide bonds. The summed E-state index contributed by atoms with van der Waals surface area (Å²) in [6, 6.07) is 10.7. The largest absolute Gasteiger partial charge is 0.339 e. The van der Waals surface area contributed by atoms with Crippen LogP contribution in [-0.2, 0) is 0 Å². The standard InChI is InChI=1S/C21H17ClFN3O2S/c22-14-5-8-17(16(11-14)21(28)26-9-1-2-10-26)24-19(27)18-12-29-20(25-18)13-3-6-15(23)7-4-13/h3-8,11-12H,1-2,9-10H2,(H,24,27). The molecule has 3 aromatic rings. The Morgan fingerprint density at radius 1 is 1.10 bits per heavy atom. The van der Waals surface area contributed by atoms with Gasteiger partial charge in [-0.3, -0.25) is 9.59 Å². The van der Waals surface area contributed by atoms with Gasteiger partial charge in [-0.1, -0.05) is 11.6 Å². The molecule has 0 unspecified atom stereocenters. The number of benzene rings is 2. The second-order valence-corrected chi connectivity index (χ2v) is 7.98. The van der Waals surface area contributed by atoms with Crippen LogP contribution in [0.2, 0.25) is 5.02 Å². The highest BCUT2D eigenvalue weighted by atomic mass is 35.5. The summed E-state index contributed by atoms with van der Waals surface area (Å²) in [4.78, 5) is 31.6. The summed E-state index contributed by atoms with van der Waals surface area (Å²) in [5, 5.41) is 5.44. The fraction of sp³-hybridized carbons (Fsp3) is 0.190. The summed E-state index contributed by atoms with van der Waals surface area (Å²) in [6.45, 7) is 1.40. The van der Waals surface area contributed by atoms with E-state index in [-0.39, 0.29) is 17.4 Å². The van der Waals surface area contributed by atoms with Crippen molar-refractivity contribution < 1.29 is 14.0 Å². The van der Waals surface area contributed by atoms with Crippen molar-refractivity contribution in [2.45, 2.75) is 12.8 Å². The summed E-state index contributed by atoms with van der Waals surface area (Å²) in [5.41, 5.74) is 1.71. The molecule has 0 spiro atoms. The van der Waals surface area contributed by atoms with Gasteiger partial charge in [0.2, 0.25) is 0 Å². The SMILES string of the molecule is O=C(Nc1ccc(Cl)cc1C(=O)N1CCCC1)c1csc(-c2ccc(F)cc2)n1. The smallest absolute Gasteiger partial charge is 0.275 e. The van der Waals surface area contributed by atoms with E-state index in [1.807, 2.05) is 0 Å². The van der Waals surface area contributed by atoms with Crippen molar-refractivity contribution in [2.75, 3.05) is 18.4 Å². The summed E-state index contributed by atoms with van der Waals surface area (Å²) in [5.74, 6) is -0.904. The molecule has 1 saturated heterocycles. The molecule has 5 nitrogen and oxygen atoms in total. The number of likely N-dealkylation sites (tertiary alicyclic amines) is 1. The quantitative estimate of drug-likeness (QED) is 0.628. The lowest BCUT2D eigenvalue weighted by molar-refractivity contribution is 0.0794. The molecule has 0 saturated carbocycles. The molecule has 148 valence electrons. The van der Waals surface area contributed by atoms with Crippen LogP contribution >= 0.6 is 22.9 Å². The van der Waals surface area contributed by atoms with Crippen molar-refractivity contribution in [3.63, 3.8) is 0 Å². The summed E-state index contributed by atoms with van der Waals surface area (Å²) >= 11 is 7.37. The predicted molar refractivity (Wildman–Crippen MR) is 112 cm³/mol. The lowest BCUT2D eigenvalue weighted by Gasteiger charge is -2.18. The van der Waals surface area contributed by atoms with Crippen molar-refractivity contribution in [3.05, 3.63) is 69.9 Å². The van der Waals surface area contributed by atoms with Crippen LogP contribution in [0.4, 0.5) is 10.1 Å². The topological polar surface area (TPSA) is 62.3 Å². The van der Waals surface area contributed by atoms with Crippen molar-refractivity contribution in [1.82, 2.24) is 9.88 Å². The molecule has 2 heterocycles. The molecule has 8 heteroatoms. The first-order valence-corrected chi connectivity index (χ1v) is 10.4. The maximum atomic E-state index is 13.1. The molecule has 0 bridgehead atoms. The number of hydrogen-bond acceptors (Lipinski definition) is 4. The molecular weight excluding hydrogens is 413 g/mol. The number of nitrogens with zero attached hydrogens (tertiary/aromatic N) is 2. The molecule has 1 aliphatic rings. The number of thiazole rings is 1. The Balaban J connectivity index is 1.56. The molecule has 0 radical (unpaired) electrons. The van der Waals surface area contributed by atoms with E-state index in [0.29, 0.717) is 34.4 Å². The second-order valence-electron chi connectivity index (χ2n) is 6.69. The fourth-order valence-electron chi connectivity index (χ4n) is 3.18. The highest BCUT2D eigenvalue weighted by Crippen LogP contribution is 2.27. The van der Waals surface area contributed by atoms with E-state index in [1.165, 1.54) is 23.5 Å². The van der Waals surface area contributed by atoms with Crippen molar-refractivity contribution in [2.24, 2.45) is 0 Å². The van der Waals surface area contributed by atoms with Crippen LogP contribution in [0.5, 0.6) is 0 Å². The molecule has 0 aliphatic carbocycles. The highest BCUT2D eigenvalue weighted by Gasteiger charge is 2.23. The molecule has 1 N–H and O–H groups in total. The Hall–Kier alpha value is -2.77. The zero-order valence-electron chi connectivity index (χ0n) is 15.3. The van der Waals surface area contributed by atoms with Gasteiger partial charge < -0.3 is 10.2 Å². The van der Waals surface area contributed by atoms with Crippen LogP contribution in [0.3, 0.4) is 0 Å². The van der Waals surface area contributed by atoms with E-state index in [1.54, 1.807) is 40.6 Å². The van der Waals surface area contributed by atoms with E-state index in [0.717, 1.165) is 18.4 Å². The van der Waals surface area contributed by atoms with Gasteiger partial charge in [0.05, 0.1) is 11.3 Å². The number of rotatable bonds is 4. The summed E-state index contributed by atoms with van der Waals surface area (Å²) in [7, 11) is 0. The molecule has 29 heavy (non-hydrogen) atoms. The van der Waals surface area contributed by atoms with Gasteiger partial charge >= 0.3 is 0 Å². The first kappa shape index (κ1) is 19.5. The van der Waals surface area contributed by atoms with Crippen LogP contribution in [0.25, 0.3) is 10.6 Å². The van der Waals surface area contributed by atoms with Gasteiger partial charge in [-0.2, -0.15) is 0 Å². The summed E-state index contributed by atoms with van der Waals surface area (Å²) < 4.78 is 13.1. The van der Waals surface area contributed by atoms with Gasteiger partial charge in [0.15, 0.2) is 0 Å². The minimum absolute atomic E-state index is 0.148. The highest BCUT2D eigenvalue weighted by molar-refractivity contribution is 7.13. The zero-order chi connectivity index (χ0) is 20.4. The minimum Gasteiger partial charge on any atom is -0.339 e. The van der Waals surface area contributed by atoms with E-state index >= 15 is 0 Å². The molecular formula is C21H17ClFN3O2S. The van der Waals surface area contributed by atoms with Gasteiger partial charge in [0, 0.05) is 29.1 Å². The van der Waals surface area contributed by atoms with Crippen LogP contribution < -0.4 is 5.32 Å². The lowest BCUT2D eigenvalue weighted by atomic mass is 10.1. The van der Waals surface area contributed by atoms with Crippen molar-refractivity contribution >= 4 is 40.4 Å². The fourth-order valence-corrected chi connectivity index (χ4v) is 4.16. The van der Waals surface area contributed by atoms with E-state index in [9.17, 15) is 14.0 Å². The van der Waals surface area contributed by atoms with Crippen molar-refractivity contribution in [3.8, 4) is 10.6 Å². The van der Waals surface area contributed by atoms with E-state index in [2.05, 4.69) is 10.3 Å². The molecule has 1 aromatic heterocycles. The van der Waals surface area contributed by atoms with Gasteiger partial charge in [-0.15, -0.1) is 11.3 Å². The third-order valence-corrected chi connectivity index (χ3v) is 5.81. The summed E-state index contributed by atoms with van der Waals surface area (Å²) in [6.07, 6.45) is 1.94. The molecule has 1 fully saturated rings. The number of carbonyl (C=O) groups is 2. The number of amides is 2. The minimum atomic E-state index is -0.424. The van der Waals surface area contributed by atoms with Gasteiger partial charge in [0.1, 0.15) is 16.5 Å². The number of anilines is 1. The van der Waals surface area contributed by atoms with Crippen LogP contribution in [0, 0.1) is 5.82 Å². The molecule has 2 aromatic carbocycles. The van der Waals surface area contributed by atoms with E-state index < -0.39 is 5.91 Å². The van der Waals surface area contributed by atoms with Crippen molar-refractivity contribution in [1.29, 1.82) is 0 Å².